The number of hydrogen-bond acceptors (Lipinski definition) is 5. The Morgan fingerprint density at radius 2 is 2.00 bits per heavy atom. The summed E-state index contributed by atoms with van der Waals surface area (Å²) in [5.41, 5.74) is 7.52. The number of nitrogens with zero attached hydrogens (tertiary/aromatic N) is 3. The molecule has 2 aromatic heterocycles. The molecule has 16 heavy (non-hydrogen) atoms. The van der Waals surface area contributed by atoms with Gasteiger partial charge in [-0.2, -0.15) is 4.98 Å². The SMILES string of the molecule is COc1cc(Cc2ccncc2)nc(N)n1. The molecule has 0 aliphatic rings. The maximum Gasteiger partial charge on any atom is 0.223 e. The first-order valence-electron chi connectivity index (χ1n) is 4.84. The summed E-state index contributed by atoms with van der Waals surface area (Å²) in [6.07, 6.45) is 4.18. The van der Waals surface area contributed by atoms with E-state index in [0.717, 1.165) is 11.3 Å². The van der Waals surface area contributed by atoms with Gasteiger partial charge >= 0.3 is 0 Å². The third-order valence-corrected chi connectivity index (χ3v) is 2.12. The van der Waals surface area contributed by atoms with Crippen molar-refractivity contribution in [1.82, 2.24) is 15.0 Å². The molecule has 0 aliphatic carbocycles. The van der Waals surface area contributed by atoms with Crippen LogP contribution in [0.4, 0.5) is 5.95 Å². The lowest BCUT2D eigenvalue weighted by Gasteiger charge is -2.04. The number of nitrogen functional groups attached to an aromatic ring is 1. The van der Waals surface area contributed by atoms with Crippen molar-refractivity contribution in [1.29, 1.82) is 0 Å². The second kappa shape index (κ2) is 4.57. The summed E-state index contributed by atoms with van der Waals surface area (Å²) in [7, 11) is 1.55. The summed E-state index contributed by atoms with van der Waals surface area (Å²) in [5, 5.41) is 0. The van der Waals surface area contributed by atoms with Crippen LogP contribution < -0.4 is 10.5 Å². The van der Waals surface area contributed by atoms with Crippen molar-refractivity contribution in [3.8, 4) is 5.88 Å². The molecular weight excluding hydrogens is 204 g/mol. The lowest BCUT2D eigenvalue weighted by Crippen LogP contribution is -2.02. The summed E-state index contributed by atoms with van der Waals surface area (Å²) in [4.78, 5) is 12.0. The first-order chi connectivity index (χ1) is 7.78. The van der Waals surface area contributed by atoms with Crippen molar-refractivity contribution < 1.29 is 4.74 Å². The fourth-order valence-corrected chi connectivity index (χ4v) is 1.40. The Balaban J connectivity index is 2.24. The van der Waals surface area contributed by atoms with Crippen LogP contribution in [-0.2, 0) is 6.42 Å². The van der Waals surface area contributed by atoms with Gasteiger partial charge < -0.3 is 10.5 Å². The van der Waals surface area contributed by atoms with Crippen LogP contribution >= 0.6 is 0 Å². The molecule has 0 spiro atoms. The predicted octanol–water partition coefficient (Wildman–Crippen LogP) is 1.05. The Bertz CT molecular complexity index is 473. The van der Waals surface area contributed by atoms with Crippen LogP contribution in [0.5, 0.6) is 5.88 Å². The molecule has 0 aromatic carbocycles. The lowest BCUT2D eigenvalue weighted by atomic mass is 10.1. The van der Waals surface area contributed by atoms with Gasteiger partial charge in [-0.15, -0.1) is 0 Å². The zero-order valence-corrected chi connectivity index (χ0v) is 8.92. The molecule has 0 saturated carbocycles. The van der Waals surface area contributed by atoms with Gasteiger partial charge in [0.05, 0.1) is 12.8 Å². The van der Waals surface area contributed by atoms with E-state index in [9.17, 15) is 0 Å². The monoisotopic (exact) mass is 216 g/mol. The first-order valence-corrected chi connectivity index (χ1v) is 4.84. The fraction of sp³-hybridized carbons (Fsp3) is 0.182. The van der Waals surface area contributed by atoms with Gasteiger partial charge in [-0.3, -0.25) is 4.98 Å². The van der Waals surface area contributed by atoms with Crippen molar-refractivity contribution in [3.63, 3.8) is 0 Å². The summed E-state index contributed by atoms with van der Waals surface area (Å²) >= 11 is 0. The Morgan fingerprint density at radius 3 is 2.69 bits per heavy atom. The highest BCUT2D eigenvalue weighted by Gasteiger charge is 2.03. The Kier molecular flexibility index (Phi) is 2.95. The third-order valence-electron chi connectivity index (χ3n) is 2.12. The number of ether oxygens (including phenoxy) is 1. The van der Waals surface area contributed by atoms with Crippen molar-refractivity contribution in [2.75, 3.05) is 12.8 Å². The van der Waals surface area contributed by atoms with Crippen LogP contribution in [0, 0.1) is 0 Å². The molecule has 0 radical (unpaired) electrons. The Labute approximate surface area is 93.3 Å². The summed E-state index contributed by atoms with van der Waals surface area (Å²) in [6.45, 7) is 0. The molecule has 0 aliphatic heterocycles. The number of methoxy groups -OCH3 is 1. The van der Waals surface area contributed by atoms with Gasteiger partial charge in [-0.1, -0.05) is 0 Å². The molecule has 0 bridgehead atoms. The van der Waals surface area contributed by atoms with E-state index in [0.29, 0.717) is 12.3 Å². The zero-order valence-electron chi connectivity index (χ0n) is 8.92. The van der Waals surface area contributed by atoms with E-state index in [-0.39, 0.29) is 5.95 Å². The molecule has 2 aromatic rings. The zero-order chi connectivity index (χ0) is 11.4. The van der Waals surface area contributed by atoms with Crippen molar-refractivity contribution in [2.45, 2.75) is 6.42 Å². The quantitative estimate of drug-likeness (QED) is 0.830. The van der Waals surface area contributed by atoms with E-state index in [1.54, 1.807) is 25.6 Å². The van der Waals surface area contributed by atoms with Crippen molar-refractivity contribution >= 4 is 5.95 Å². The van der Waals surface area contributed by atoms with Crippen LogP contribution in [0.3, 0.4) is 0 Å². The highest BCUT2D eigenvalue weighted by atomic mass is 16.5. The largest absolute Gasteiger partial charge is 0.481 e. The van der Waals surface area contributed by atoms with Crippen LogP contribution in [-0.4, -0.2) is 22.1 Å². The second-order valence-electron chi connectivity index (χ2n) is 3.29. The third kappa shape index (κ3) is 2.44. The minimum atomic E-state index is 0.225. The molecule has 0 saturated heterocycles. The number of pyridine rings is 1. The topological polar surface area (TPSA) is 73.9 Å². The molecule has 2 N–H and O–H groups in total. The molecule has 0 atom stereocenters. The number of rotatable bonds is 3. The van der Waals surface area contributed by atoms with Crippen molar-refractivity contribution in [3.05, 3.63) is 41.9 Å². The van der Waals surface area contributed by atoms with E-state index in [2.05, 4.69) is 15.0 Å². The van der Waals surface area contributed by atoms with Gasteiger partial charge in [0.1, 0.15) is 0 Å². The number of aromatic nitrogens is 3. The van der Waals surface area contributed by atoms with Gasteiger partial charge in [-0.25, -0.2) is 4.98 Å². The molecular formula is C11H12N4O. The maximum absolute atomic E-state index is 5.57. The Hall–Kier alpha value is -2.17. The van der Waals surface area contributed by atoms with Gasteiger partial charge in [0, 0.05) is 24.9 Å². The summed E-state index contributed by atoms with van der Waals surface area (Å²) in [6, 6.07) is 5.65. The molecule has 2 rings (SSSR count). The predicted molar refractivity (Wildman–Crippen MR) is 60.0 cm³/mol. The second-order valence-corrected chi connectivity index (χ2v) is 3.29. The normalized spacial score (nSPS) is 10.1. The van der Waals surface area contributed by atoms with Gasteiger partial charge in [0.15, 0.2) is 0 Å². The molecule has 0 unspecified atom stereocenters. The number of anilines is 1. The van der Waals surface area contributed by atoms with Crippen LogP contribution in [0.1, 0.15) is 11.3 Å². The number of nitrogens with two attached hydrogens (primary N) is 1. The van der Waals surface area contributed by atoms with Crippen LogP contribution in [0.25, 0.3) is 0 Å². The van der Waals surface area contributed by atoms with E-state index in [1.165, 1.54) is 0 Å². The molecule has 0 fully saturated rings. The number of hydrogen-bond donors (Lipinski definition) is 1. The Morgan fingerprint density at radius 1 is 1.25 bits per heavy atom. The fourth-order valence-electron chi connectivity index (χ4n) is 1.40. The standard InChI is InChI=1S/C11H12N4O/c1-16-10-7-9(14-11(12)15-10)6-8-2-4-13-5-3-8/h2-5,7H,6H2,1H3,(H2,12,14,15). The molecule has 82 valence electrons. The molecule has 5 heteroatoms. The van der Waals surface area contributed by atoms with E-state index in [4.69, 9.17) is 10.5 Å². The van der Waals surface area contributed by atoms with Gasteiger partial charge in [0.25, 0.3) is 0 Å². The van der Waals surface area contributed by atoms with Gasteiger partial charge in [0.2, 0.25) is 11.8 Å². The van der Waals surface area contributed by atoms with E-state index in [1.807, 2.05) is 12.1 Å². The average molecular weight is 216 g/mol. The molecule has 0 amide bonds. The molecule has 5 nitrogen and oxygen atoms in total. The smallest absolute Gasteiger partial charge is 0.223 e. The first kappa shape index (κ1) is 10.4. The minimum absolute atomic E-state index is 0.225. The highest BCUT2D eigenvalue weighted by Crippen LogP contribution is 2.13. The highest BCUT2D eigenvalue weighted by molar-refractivity contribution is 5.29. The van der Waals surface area contributed by atoms with Crippen LogP contribution in [0.15, 0.2) is 30.6 Å². The summed E-state index contributed by atoms with van der Waals surface area (Å²) in [5.74, 6) is 0.708. The van der Waals surface area contributed by atoms with E-state index < -0.39 is 0 Å². The van der Waals surface area contributed by atoms with Crippen LogP contribution in [0.2, 0.25) is 0 Å². The van der Waals surface area contributed by atoms with Crippen molar-refractivity contribution in [2.24, 2.45) is 0 Å². The molecule has 2 heterocycles. The maximum atomic E-state index is 5.57. The summed E-state index contributed by atoms with van der Waals surface area (Å²) < 4.78 is 5.03. The van der Waals surface area contributed by atoms with E-state index >= 15 is 0 Å². The minimum Gasteiger partial charge on any atom is -0.481 e. The van der Waals surface area contributed by atoms with Gasteiger partial charge in [-0.05, 0) is 17.7 Å². The lowest BCUT2D eigenvalue weighted by molar-refractivity contribution is 0.397. The average Bonchev–Trinajstić information content (AvgIpc) is 2.29.